The summed E-state index contributed by atoms with van der Waals surface area (Å²) in [4.78, 5) is 29.6. The van der Waals surface area contributed by atoms with Gasteiger partial charge in [0.2, 0.25) is 5.95 Å². The summed E-state index contributed by atoms with van der Waals surface area (Å²) >= 11 is 5.66. The van der Waals surface area contributed by atoms with Gasteiger partial charge in [0.15, 0.2) is 0 Å². The summed E-state index contributed by atoms with van der Waals surface area (Å²) in [5, 5.41) is 10.8. The average Bonchev–Trinajstić information content (AvgIpc) is 2.46. The zero-order valence-electron chi connectivity index (χ0n) is 10.6. The van der Waals surface area contributed by atoms with Gasteiger partial charge in [-0.2, -0.15) is 4.98 Å². The fraction of sp³-hybridized carbons (Fsp3) is 0.0769. The predicted molar refractivity (Wildman–Crippen MR) is 74.3 cm³/mol. The Morgan fingerprint density at radius 3 is 2.62 bits per heavy atom. The molecular weight excluding hydrogens is 298 g/mol. The molecule has 0 aliphatic heterocycles. The SMILES string of the molecule is O=C(Nc1ncc(C(=O)O)c(Cl)n1)OCc1ccccc1. The lowest BCUT2D eigenvalue weighted by molar-refractivity contribution is 0.0696. The number of carboxylic acid groups (broad SMARTS) is 1. The molecule has 108 valence electrons. The van der Waals surface area contributed by atoms with Gasteiger partial charge in [0.1, 0.15) is 17.3 Å². The van der Waals surface area contributed by atoms with E-state index in [0.717, 1.165) is 11.8 Å². The lowest BCUT2D eigenvalue weighted by Gasteiger charge is -2.06. The molecule has 1 amide bonds. The first-order valence-corrected chi connectivity index (χ1v) is 6.17. The van der Waals surface area contributed by atoms with Crippen molar-refractivity contribution in [2.45, 2.75) is 6.61 Å². The van der Waals surface area contributed by atoms with Crippen LogP contribution < -0.4 is 5.32 Å². The van der Waals surface area contributed by atoms with Crippen LogP contribution in [-0.4, -0.2) is 27.1 Å². The number of hydrogen-bond donors (Lipinski definition) is 2. The number of nitrogens with zero attached hydrogens (tertiary/aromatic N) is 2. The standard InChI is InChI=1S/C13H10ClN3O4/c14-10-9(11(18)19)6-15-12(16-10)17-13(20)21-7-8-4-2-1-3-5-8/h1-6H,7H2,(H,18,19)(H,15,16,17,20). The minimum atomic E-state index is -1.25. The molecule has 2 N–H and O–H groups in total. The van der Waals surface area contributed by atoms with Crippen LogP contribution in [-0.2, 0) is 11.3 Å². The van der Waals surface area contributed by atoms with Crippen molar-refractivity contribution in [3.8, 4) is 0 Å². The maximum absolute atomic E-state index is 11.5. The van der Waals surface area contributed by atoms with Crippen molar-refractivity contribution < 1.29 is 19.4 Å². The van der Waals surface area contributed by atoms with E-state index in [-0.39, 0.29) is 23.3 Å². The Balaban J connectivity index is 1.94. The maximum Gasteiger partial charge on any atom is 0.414 e. The third kappa shape index (κ3) is 4.15. The van der Waals surface area contributed by atoms with Gasteiger partial charge in [-0.3, -0.25) is 5.32 Å². The Hall–Kier alpha value is -2.67. The first-order chi connectivity index (χ1) is 10.1. The summed E-state index contributed by atoms with van der Waals surface area (Å²) in [5.41, 5.74) is 0.577. The number of benzene rings is 1. The Kier molecular flexibility index (Phi) is 4.68. The molecule has 2 rings (SSSR count). The maximum atomic E-state index is 11.5. The molecule has 2 aromatic rings. The van der Waals surface area contributed by atoms with E-state index in [1.165, 1.54) is 0 Å². The second kappa shape index (κ2) is 6.67. The Bertz CT molecular complexity index is 664. The third-order valence-corrected chi connectivity index (χ3v) is 2.69. The molecule has 0 saturated carbocycles. The summed E-state index contributed by atoms with van der Waals surface area (Å²) in [6.07, 6.45) is 0.239. The van der Waals surface area contributed by atoms with Gasteiger partial charge in [0.05, 0.1) is 0 Å². The number of anilines is 1. The molecule has 0 unspecified atom stereocenters. The number of rotatable bonds is 4. The van der Waals surface area contributed by atoms with Gasteiger partial charge < -0.3 is 9.84 Å². The van der Waals surface area contributed by atoms with E-state index in [2.05, 4.69) is 15.3 Å². The van der Waals surface area contributed by atoms with E-state index in [1.54, 1.807) is 0 Å². The lowest BCUT2D eigenvalue weighted by Crippen LogP contribution is -2.16. The normalized spacial score (nSPS) is 9.95. The zero-order chi connectivity index (χ0) is 15.2. The minimum absolute atomic E-state index is 0.0909. The van der Waals surface area contributed by atoms with Crippen LogP contribution in [0, 0.1) is 0 Å². The first kappa shape index (κ1) is 14.7. The Morgan fingerprint density at radius 1 is 1.29 bits per heavy atom. The molecule has 0 bridgehead atoms. The molecule has 1 aromatic heterocycles. The molecule has 0 radical (unpaired) electrons. The van der Waals surface area contributed by atoms with E-state index in [0.29, 0.717) is 0 Å². The number of halogens is 1. The summed E-state index contributed by atoms with van der Waals surface area (Å²) < 4.78 is 4.96. The number of amides is 1. The van der Waals surface area contributed by atoms with Crippen LogP contribution in [0.2, 0.25) is 5.15 Å². The molecule has 0 aliphatic carbocycles. The van der Waals surface area contributed by atoms with E-state index in [1.807, 2.05) is 30.3 Å². The topological polar surface area (TPSA) is 101 Å². The second-order valence-corrected chi connectivity index (χ2v) is 4.25. The van der Waals surface area contributed by atoms with E-state index in [9.17, 15) is 9.59 Å². The third-order valence-electron chi connectivity index (χ3n) is 2.40. The number of hydrogen-bond acceptors (Lipinski definition) is 5. The largest absolute Gasteiger partial charge is 0.478 e. The number of ether oxygens (including phenoxy) is 1. The van der Waals surface area contributed by atoms with Crippen molar-refractivity contribution in [3.05, 3.63) is 52.8 Å². The fourth-order valence-electron chi connectivity index (χ4n) is 1.42. The highest BCUT2D eigenvalue weighted by molar-refractivity contribution is 6.32. The second-order valence-electron chi connectivity index (χ2n) is 3.89. The minimum Gasteiger partial charge on any atom is -0.478 e. The smallest absolute Gasteiger partial charge is 0.414 e. The van der Waals surface area contributed by atoms with Crippen molar-refractivity contribution in [2.75, 3.05) is 5.32 Å². The molecule has 0 saturated heterocycles. The van der Waals surface area contributed by atoms with Crippen molar-refractivity contribution in [1.82, 2.24) is 9.97 Å². The predicted octanol–water partition coefficient (Wildman–Crippen LogP) is 2.58. The van der Waals surface area contributed by atoms with Crippen molar-refractivity contribution in [2.24, 2.45) is 0 Å². The quantitative estimate of drug-likeness (QED) is 0.842. The highest BCUT2D eigenvalue weighted by Crippen LogP contribution is 2.14. The highest BCUT2D eigenvalue weighted by atomic mass is 35.5. The van der Waals surface area contributed by atoms with Gasteiger partial charge in [-0.25, -0.2) is 14.6 Å². The van der Waals surface area contributed by atoms with Crippen LogP contribution in [0.5, 0.6) is 0 Å². The van der Waals surface area contributed by atoms with Crippen molar-refractivity contribution in [3.63, 3.8) is 0 Å². The summed E-state index contributed by atoms with van der Waals surface area (Å²) in [5.74, 6) is -1.39. The summed E-state index contributed by atoms with van der Waals surface area (Å²) in [6.45, 7) is 0.0909. The van der Waals surface area contributed by atoms with Crippen LogP contribution >= 0.6 is 11.6 Å². The van der Waals surface area contributed by atoms with Gasteiger partial charge in [-0.05, 0) is 5.56 Å². The van der Waals surface area contributed by atoms with Gasteiger partial charge in [-0.15, -0.1) is 0 Å². The van der Waals surface area contributed by atoms with Gasteiger partial charge in [0, 0.05) is 6.20 Å². The number of carboxylic acids is 1. The molecule has 0 fully saturated rings. The number of aromatic carboxylic acids is 1. The average molecular weight is 308 g/mol. The molecule has 8 heteroatoms. The lowest BCUT2D eigenvalue weighted by atomic mass is 10.2. The van der Waals surface area contributed by atoms with Crippen molar-refractivity contribution >= 4 is 29.6 Å². The molecule has 7 nitrogen and oxygen atoms in total. The zero-order valence-corrected chi connectivity index (χ0v) is 11.4. The molecule has 0 atom stereocenters. The van der Waals surface area contributed by atoms with E-state index < -0.39 is 12.1 Å². The number of aromatic nitrogens is 2. The fourth-order valence-corrected chi connectivity index (χ4v) is 1.62. The van der Waals surface area contributed by atoms with Gasteiger partial charge in [-0.1, -0.05) is 41.9 Å². The Morgan fingerprint density at radius 2 is 2.00 bits per heavy atom. The summed E-state index contributed by atoms with van der Waals surface area (Å²) in [6, 6.07) is 9.11. The number of nitrogens with one attached hydrogen (secondary N) is 1. The van der Waals surface area contributed by atoms with Crippen LogP contribution in [0.3, 0.4) is 0 Å². The Labute approximate surface area is 124 Å². The van der Waals surface area contributed by atoms with Crippen LogP contribution in [0.4, 0.5) is 10.7 Å². The molecule has 21 heavy (non-hydrogen) atoms. The van der Waals surface area contributed by atoms with E-state index >= 15 is 0 Å². The van der Waals surface area contributed by atoms with Gasteiger partial charge in [0.25, 0.3) is 0 Å². The highest BCUT2D eigenvalue weighted by Gasteiger charge is 2.13. The van der Waals surface area contributed by atoms with Crippen molar-refractivity contribution in [1.29, 1.82) is 0 Å². The van der Waals surface area contributed by atoms with Gasteiger partial charge >= 0.3 is 12.1 Å². The number of carbonyl (C=O) groups excluding carboxylic acids is 1. The molecule has 0 spiro atoms. The van der Waals surface area contributed by atoms with Crippen LogP contribution in [0.1, 0.15) is 15.9 Å². The summed E-state index contributed by atoms with van der Waals surface area (Å²) in [7, 11) is 0. The number of carbonyl (C=O) groups is 2. The van der Waals surface area contributed by atoms with Crippen LogP contribution in [0.25, 0.3) is 0 Å². The molecule has 1 heterocycles. The van der Waals surface area contributed by atoms with E-state index in [4.69, 9.17) is 21.4 Å². The molecular formula is C13H10ClN3O4. The first-order valence-electron chi connectivity index (χ1n) is 5.80. The molecule has 1 aromatic carbocycles. The monoisotopic (exact) mass is 307 g/mol. The molecule has 0 aliphatic rings. The van der Waals surface area contributed by atoms with Crippen LogP contribution in [0.15, 0.2) is 36.5 Å².